The lowest BCUT2D eigenvalue weighted by atomic mass is 9.92. The predicted octanol–water partition coefficient (Wildman–Crippen LogP) is 3.93. The highest BCUT2D eigenvalue weighted by Crippen LogP contribution is 2.38. The van der Waals surface area contributed by atoms with Crippen LogP contribution in [0.5, 0.6) is 5.75 Å². The van der Waals surface area contributed by atoms with Crippen molar-refractivity contribution in [3.05, 3.63) is 28.4 Å². The smallest absolute Gasteiger partial charge is 0.126 e. The van der Waals surface area contributed by atoms with Gasteiger partial charge in [0.25, 0.3) is 0 Å². The number of rotatable bonds is 0. The van der Waals surface area contributed by atoms with E-state index in [0.717, 1.165) is 21.1 Å². The summed E-state index contributed by atoms with van der Waals surface area (Å²) >= 11 is 3.55. The van der Waals surface area contributed by atoms with Gasteiger partial charge in [-0.05, 0) is 28.1 Å². The molecule has 0 saturated carbocycles. The van der Waals surface area contributed by atoms with Gasteiger partial charge in [0.15, 0.2) is 0 Å². The Balaban J connectivity index is 2.82. The summed E-state index contributed by atoms with van der Waals surface area (Å²) in [6.07, 6.45) is 0. The molecule has 2 rings (SSSR count). The molecule has 2 N–H and O–H groups in total. The fraction of sp³-hybridized carbons (Fsp3) is 0.333. The first-order chi connectivity index (χ1) is 6.91. The monoisotopic (exact) mass is 267 g/mol. The Morgan fingerprint density at radius 3 is 2.47 bits per heavy atom. The Hall–Kier alpha value is -0.960. The molecule has 0 saturated heterocycles. The first-order valence-corrected chi connectivity index (χ1v) is 5.70. The van der Waals surface area contributed by atoms with Gasteiger partial charge in [0.1, 0.15) is 5.75 Å². The fourth-order valence-electron chi connectivity index (χ4n) is 1.71. The van der Waals surface area contributed by atoms with E-state index < -0.39 is 0 Å². The number of phenols is 1. The normalized spacial score (nSPS) is 12.3. The van der Waals surface area contributed by atoms with Crippen molar-refractivity contribution < 1.29 is 5.11 Å². The summed E-state index contributed by atoms with van der Waals surface area (Å²) in [5.74, 6) is 0.311. The van der Waals surface area contributed by atoms with Crippen molar-refractivity contribution in [3.63, 3.8) is 0 Å². The van der Waals surface area contributed by atoms with Crippen LogP contribution in [0.1, 0.15) is 26.5 Å². The Morgan fingerprint density at radius 2 is 1.93 bits per heavy atom. The molecule has 0 fully saturated rings. The summed E-state index contributed by atoms with van der Waals surface area (Å²) in [7, 11) is 0. The van der Waals surface area contributed by atoms with Crippen LogP contribution in [-0.2, 0) is 5.41 Å². The van der Waals surface area contributed by atoms with Gasteiger partial charge in [-0.2, -0.15) is 0 Å². The molecule has 80 valence electrons. The third kappa shape index (κ3) is 1.65. The Bertz CT molecular complexity index is 508. The van der Waals surface area contributed by atoms with Crippen LogP contribution in [0.3, 0.4) is 0 Å². The Kier molecular flexibility index (Phi) is 2.30. The van der Waals surface area contributed by atoms with E-state index in [1.807, 2.05) is 12.1 Å². The lowest BCUT2D eigenvalue weighted by Crippen LogP contribution is -2.12. The van der Waals surface area contributed by atoms with E-state index in [9.17, 15) is 5.11 Å². The zero-order valence-corrected chi connectivity index (χ0v) is 10.6. The number of aromatic hydroxyl groups is 1. The zero-order valence-electron chi connectivity index (χ0n) is 9.06. The van der Waals surface area contributed by atoms with E-state index in [4.69, 9.17) is 0 Å². The standard InChI is InChI=1S/C12H14BrNO/c1-12(2,3)11-10(13)9-7(14-11)5-4-6-8(9)15/h4-6,14-15H,1-3H3. The number of aromatic nitrogens is 1. The second-order valence-electron chi connectivity index (χ2n) is 4.76. The highest BCUT2D eigenvalue weighted by Gasteiger charge is 2.22. The second kappa shape index (κ2) is 3.27. The van der Waals surface area contributed by atoms with Crippen LogP contribution in [-0.4, -0.2) is 10.1 Å². The summed E-state index contributed by atoms with van der Waals surface area (Å²) < 4.78 is 0.961. The summed E-state index contributed by atoms with van der Waals surface area (Å²) in [5.41, 5.74) is 2.11. The number of halogens is 1. The number of hydrogen-bond acceptors (Lipinski definition) is 1. The molecule has 2 nitrogen and oxygen atoms in total. The fourth-order valence-corrected chi connectivity index (χ4v) is 2.82. The Morgan fingerprint density at radius 1 is 1.27 bits per heavy atom. The van der Waals surface area contributed by atoms with Gasteiger partial charge in [0, 0.05) is 11.1 Å². The highest BCUT2D eigenvalue weighted by molar-refractivity contribution is 9.10. The maximum atomic E-state index is 9.78. The van der Waals surface area contributed by atoms with Crippen molar-refractivity contribution in [1.29, 1.82) is 0 Å². The minimum absolute atomic E-state index is 0.0320. The van der Waals surface area contributed by atoms with Crippen molar-refractivity contribution in [2.24, 2.45) is 0 Å². The SMILES string of the molecule is CC(C)(C)c1[nH]c2cccc(O)c2c1Br. The van der Waals surface area contributed by atoms with Gasteiger partial charge in [-0.3, -0.25) is 0 Å². The maximum Gasteiger partial charge on any atom is 0.126 e. The first-order valence-electron chi connectivity index (χ1n) is 4.91. The third-order valence-electron chi connectivity index (χ3n) is 2.49. The number of benzene rings is 1. The maximum absolute atomic E-state index is 9.78. The van der Waals surface area contributed by atoms with E-state index in [2.05, 4.69) is 41.7 Å². The molecule has 2 aromatic rings. The van der Waals surface area contributed by atoms with Crippen molar-refractivity contribution in [1.82, 2.24) is 4.98 Å². The molecule has 0 amide bonds. The van der Waals surface area contributed by atoms with Gasteiger partial charge < -0.3 is 10.1 Å². The van der Waals surface area contributed by atoms with Crippen molar-refractivity contribution in [2.75, 3.05) is 0 Å². The summed E-state index contributed by atoms with van der Waals surface area (Å²) in [6.45, 7) is 6.42. The van der Waals surface area contributed by atoms with Gasteiger partial charge in [0.2, 0.25) is 0 Å². The quantitative estimate of drug-likeness (QED) is 0.746. The van der Waals surface area contributed by atoms with Crippen LogP contribution in [0, 0.1) is 0 Å². The minimum atomic E-state index is 0.0320. The average molecular weight is 268 g/mol. The molecule has 0 aliphatic carbocycles. The minimum Gasteiger partial charge on any atom is -0.507 e. The lowest BCUT2D eigenvalue weighted by molar-refractivity contribution is 0.481. The highest BCUT2D eigenvalue weighted by atomic mass is 79.9. The molecule has 0 bridgehead atoms. The number of fused-ring (bicyclic) bond motifs is 1. The molecule has 3 heteroatoms. The first kappa shape index (κ1) is 10.6. The van der Waals surface area contributed by atoms with Crippen molar-refractivity contribution in [3.8, 4) is 5.75 Å². The van der Waals surface area contributed by atoms with Crippen LogP contribution < -0.4 is 0 Å². The van der Waals surface area contributed by atoms with Crippen LogP contribution in [0.4, 0.5) is 0 Å². The van der Waals surface area contributed by atoms with Crippen LogP contribution >= 0.6 is 15.9 Å². The van der Waals surface area contributed by atoms with Crippen LogP contribution in [0.15, 0.2) is 22.7 Å². The number of nitrogens with one attached hydrogen (secondary N) is 1. The molecule has 0 unspecified atom stereocenters. The van der Waals surface area contributed by atoms with Crippen LogP contribution in [0.2, 0.25) is 0 Å². The molecule has 0 aliphatic heterocycles. The second-order valence-corrected chi connectivity index (χ2v) is 5.56. The zero-order chi connectivity index (χ0) is 11.2. The molecular weight excluding hydrogens is 254 g/mol. The molecule has 0 aliphatic rings. The molecule has 15 heavy (non-hydrogen) atoms. The van der Waals surface area contributed by atoms with Gasteiger partial charge >= 0.3 is 0 Å². The lowest BCUT2D eigenvalue weighted by Gasteiger charge is -2.17. The van der Waals surface area contributed by atoms with Gasteiger partial charge in [-0.25, -0.2) is 0 Å². The van der Waals surface area contributed by atoms with Gasteiger partial charge in [0.05, 0.1) is 15.4 Å². The van der Waals surface area contributed by atoms with E-state index in [1.165, 1.54) is 0 Å². The summed E-state index contributed by atoms with van der Waals surface area (Å²) in [5, 5.41) is 10.6. The molecule has 0 spiro atoms. The number of H-pyrrole nitrogens is 1. The van der Waals surface area contributed by atoms with Gasteiger partial charge in [-0.1, -0.05) is 26.8 Å². The van der Waals surface area contributed by atoms with Crippen LogP contribution in [0.25, 0.3) is 10.9 Å². The van der Waals surface area contributed by atoms with Gasteiger partial charge in [-0.15, -0.1) is 0 Å². The molecular formula is C12H14BrNO. The largest absolute Gasteiger partial charge is 0.507 e. The summed E-state index contributed by atoms with van der Waals surface area (Å²) in [6, 6.07) is 5.51. The molecule has 1 aromatic heterocycles. The van der Waals surface area contributed by atoms with E-state index in [-0.39, 0.29) is 5.41 Å². The predicted molar refractivity (Wildman–Crippen MR) is 66.4 cm³/mol. The summed E-state index contributed by atoms with van der Waals surface area (Å²) in [4.78, 5) is 3.34. The van der Waals surface area contributed by atoms with E-state index in [0.29, 0.717) is 5.75 Å². The molecule has 0 atom stereocenters. The molecule has 1 heterocycles. The number of hydrogen-bond donors (Lipinski definition) is 2. The molecule has 0 radical (unpaired) electrons. The number of phenolic OH excluding ortho intramolecular Hbond substituents is 1. The molecule has 1 aromatic carbocycles. The van der Waals surface area contributed by atoms with Crippen molar-refractivity contribution in [2.45, 2.75) is 26.2 Å². The van der Waals surface area contributed by atoms with E-state index >= 15 is 0 Å². The number of aromatic amines is 1. The Labute approximate surface area is 97.4 Å². The van der Waals surface area contributed by atoms with Crippen molar-refractivity contribution >= 4 is 26.8 Å². The third-order valence-corrected chi connectivity index (χ3v) is 3.28. The average Bonchev–Trinajstić information content (AvgIpc) is 2.44. The topological polar surface area (TPSA) is 36.0 Å². The van der Waals surface area contributed by atoms with E-state index in [1.54, 1.807) is 6.07 Å².